The number of carboxylic acids is 1. The number of aliphatic hydroxyl groups is 1. The number of nitrogens with one attached hydrogen (secondary N) is 2. The Balaban J connectivity index is 3.50. The summed E-state index contributed by atoms with van der Waals surface area (Å²) in [7, 11) is 0. The predicted molar refractivity (Wildman–Crippen MR) is 65.5 cm³/mol. The molecule has 0 aliphatic carbocycles. The molecule has 0 aliphatic rings. The lowest BCUT2D eigenvalue weighted by Crippen LogP contribution is -2.38. The van der Waals surface area contributed by atoms with Crippen LogP contribution in [-0.2, 0) is 14.3 Å². The molecule has 19 heavy (non-hydrogen) atoms. The van der Waals surface area contributed by atoms with Crippen LogP contribution in [0, 0.1) is 0 Å². The molecule has 0 fully saturated rings. The fourth-order valence-electron chi connectivity index (χ4n) is 1.18. The first kappa shape index (κ1) is 17.2. The van der Waals surface area contributed by atoms with Gasteiger partial charge in [0, 0.05) is 25.9 Å². The standard InChI is InChI=1S/C11H20N2O6/c1-2-19-9(15)4-3-6-12-11(18)13-7-5-8(14)10(16)17/h8,14H,2-7H2,1H3,(H,16,17)(H2,12,13,18)/t8-/m0/s1. The molecule has 0 aromatic heterocycles. The Morgan fingerprint density at radius 2 is 1.84 bits per heavy atom. The van der Waals surface area contributed by atoms with Gasteiger partial charge in [-0.3, -0.25) is 4.79 Å². The highest BCUT2D eigenvalue weighted by molar-refractivity contribution is 5.74. The molecule has 0 rings (SSSR count). The molecule has 4 N–H and O–H groups in total. The molecule has 110 valence electrons. The second-order valence-electron chi connectivity index (χ2n) is 3.73. The minimum Gasteiger partial charge on any atom is -0.479 e. The van der Waals surface area contributed by atoms with Gasteiger partial charge >= 0.3 is 18.0 Å². The number of esters is 1. The molecule has 0 saturated heterocycles. The summed E-state index contributed by atoms with van der Waals surface area (Å²) in [5, 5.41) is 22.2. The number of carbonyl (C=O) groups is 3. The zero-order valence-electron chi connectivity index (χ0n) is 10.8. The van der Waals surface area contributed by atoms with Crippen molar-refractivity contribution in [1.82, 2.24) is 10.6 Å². The number of carboxylic acid groups (broad SMARTS) is 1. The first-order valence-corrected chi connectivity index (χ1v) is 6.05. The fourth-order valence-corrected chi connectivity index (χ4v) is 1.18. The summed E-state index contributed by atoms with van der Waals surface area (Å²) in [6.45, 7) is 2.41. The fraction of sp³-hybridized carbons (Fsp3) is 0.727. The lowest BCUT2D eigenvalue weighted by molar-refractivity contribution is -0.147. The highest BCUT2D eigenvalue weighted by atomic mass is 16.5. The van der Waals surface area contributed by atoms with Crippen molar-refractivity contribution in [3.63, 3.8) is 0 Å². The number of hydrogen-bond acceptors (Lipinski definition) is 5. The number of hydrogen-bond donors (Lipinski definition) is 4. The summed E-state index contributed by atoms with van der Waals surface area (Å²) in [6, 6.07) is -0.471. The summed E-state index contributed by atoms with van der Waals surface area (Å²) >= 11 is 0. The highest BCUT2D eigenvalue weighted by Crippen LogP contribution is 1.92. The van der Waals surface area contributed by atoms with Gasteiger partial charge in [0.15, 0.2) is 6.10 Å². The van der Waals surface area contributed by atoms with Crippen LogP contribution in [0.15, 0.2) is 0 Å². The SMILES string of the molecule is CCOC(=O)CCCNC(=O)NCC[C@H](O)C(=O)O. The van der Waals surface area contributed by atoms with E-state index in [2.05, 4.69) is 10.6 Å². The average molecular weight is 276 g/mol. The smallest absolute Gasteiger partial charge is 0.332 e. The third kappa shape index (κ3) is 9.83. The van der Waals surface area contributed by atoms with E-state index in [1.54, 1.807) is 6.92 Å². The predicted octanol–water partition coefficient (Wildman–Crippen LogP) is -0.535. The Labute approximate surface area is 111 Å². The van der Waals surface area contributed by atoms with E-state index in [1.807, 2.05) is 0 Å². The third-order valence-electron chi connectivity index (χ3n) is 2.14. The molecule has 0 radical (unpaired) electrons. The van der Waals surface area contributed by atoms with Crippen LogP contribution < -0.4 is 10.6 Å². The zero-order valence-corrected chi connectivity index (χ0v) is 10.8. The number of amides is 2. The first-order chi connectivity index (χ1) is 8.97. The topological polar surface area (TPSA) is 125 Å². The normalized spacial score (nSPS) is 11.5. The van der Waals surface area contributed by atoms with Gasteiger partial charge in [0.05, 0.1) is 6.61 Å². The van der Waals surface area contributed by atoms with Crippen LogP contribution in [0.5, 0.6) is 0 Å². The van der Waals surface area contributed by atoms with Crippen molar-refractivity contribution in [1.29, 1.82) is 0 Å². The molecule has 8 heteroatoms. The van der Waals surface area contributed by atoms with E-state index in [1.165, 1.54) is 0 Å². The molecule has 0 bridgehead atoms. The summed E-state index contributed by atoms with van der Waals surface area (Å²) in [5.41, 5.74) is 0. The molecular weight excluding hydrogens is 256 g/mol. The van der Waals surface area contributed by atoms with Crippen molar-refractivity contribution in [2.24, 2.45) is 0 Å². The highest BCUT2D eigenvalue weighted by Gasteiger charge is 2.12. The Bertz CT molecular complexity index is 308. The maximum absolute atomic E-state index is 11.2. The summed E-state index contributed by atoms with van der Waals surface area (Å²) in [6.07, 6.45) is -0.856. The number of rotatable bonds is 9. The molecule has 0 unspecified atom stereocenters. The van der Waals surface area contributed by atoms with Gasteiger partial charge in [0.1, 0.15) is 0 Å². The third-order valence-corrected chi connectivity index (χ3v) is 2.14. The van der Waals surface area contributed by atoms with Gasteiger partial charge in [0.2, 0.25) is 0 Å². The molecule has 0 aromatic rings. The van der Waals surface area contributed by atoms with Crippen molar-refractivity contribution >= 4 is 18.0 Å². The van der Waals surface area contributed by atoms with Crippen molar-refractivity contribution in [2.75, 3.05) is 19.7 Å². The lowest BCUT2D eigenvalue weighted by Gasteiger charge is -2.08. The average Bonchev–Trinajstić information content (AvgIpc) is 2.34. The minimum absolute atomic E-state index is 0.0528. The molecular formula is C11H20N2O6. The Kier molecular flexibility index (Phi) is 9.15. The minimum atomic E-state index is -1.48. The molecule has 0 spiro atoms. The number of aliphatic carboxylic acids is 1. The van der Waals surface area contributed by atoms with E-state index >= 15 is 0 Å². The summed E-state index contributed by atoms with van der Waals surface area (Å²) in [4.78, 5) is 32.4. The Morgan fingerprint density at radius 1 is 1.21 bits per heavy atom. The van der Waals surface area contributed by atoms with Crippen LogP contribution in [0.3, 0.4) is 0 Å². The maximum Gasteiger partial charge on any atom is 0.332 e. The van der Waals surface area contributed by atoms with E-state index in [4.69, 9.17) is 14.9 Å². The van der Waals surface area contributed by atoms with Crippen LogP contribution in [0.2, 0.25) is 0 Å². The molecule has 0 aliphatic heterocycles. The molecule has 1 atom stereocenters. The van der Waals surface area contributed by atoms with Crippen LogP contribution in [0.1, 0.15) is 26.2 Å². The molecule has 0 aromatic carbocycles. The van der Waals surface area contributed by atoms with E-state index in [-0.39, 0.29) is 25.4 Å². The number of ether oxygens (including phenoxy) is 1. The molecule has 0 saturated carbocycles. The molecule has 2 amide bonds. The monoisotopic (exact) mass is 276 g/mol. The van der Waals surface area contributed by atoms with Gasteiger partial charge in [-0.1, -0.05) is 0 Å². The van der Waals surface area contributed by atoms with Crippen LogP contribution >= 0.6 is 0 Å². The van der Waals surface area contributed by atoms with Gasteiger partial charge in [-0.2, -0.15) is 0 Å². The van der Waals surface area contributed by atoms with Crippen molar-refractivity contribution < 1.29 is 29.3 Å². The largest absolute Gasteiger partial charge is 0.479 e. The van der Waals surface area contributed by atoms with Gasteiger partial charge in [-0.25, -0.2) is 9.59 Å². The van der Waals surface area contributed by atoms with E-state index in [0.29, 0.717) is 19.6 Å². The van der Waals surface area contributed by atoms with Gasteiger partial charge in [0.25, 0.3) is 0 Å². The van der Waals surface area contributed by atoms with Crippen molar-refractivity contribution in [3.8, 4) is 0 Å². The van der Waals surface area contributed by atoms with Gasteiger partial charge in [-0.15, -0.1) is 0 Å². The van der Waals surface area contributed by atoms with Crippen molar-refractivity contribution in [2.45, 2.75) is 32.3 Å². The van der Waals surface area contributed by atoms with Crippen molar-refractivity contribution in [3.05, 3.63) is 0 Å². The van der Waals surface area contributed by atoms with Crippen LogP contribution in [0.4, 0.5) is 4.79 Å². The van der Waals surface area contributed by atoms with Crippen LogP contribution in [-0.4, -0.2) is 54.0 Å². The Hall–Kier alpha value is -1.83. The number of urea groups is 1. The van der Waals surface area contributed by atoms with E-state index in [9.17, 15) is 14.4 Å². The number of aliphatic hydroxyl groups excluding tert-OH is 1. The second kappa shape index (κ2) is 10.1. The Morgan fingerprint density at radius 3 is 2.42 bits per heavy atom. The first-order valence-electron chi connectivity index (χ1n) is 6.05. The van der Waals surface area contributed by atoms with E-state index in [0.717, 1.165) is 0 Å². The quantitative estimate of drug-likeness (QED) is 0.331. The van der Waals surface area contributed by atoms with E-state index < -0.39 is 18.1 Å². The van der Waals surface area contributed by atoms with Gasteiger partial charge in [-0.05, 0) is 13.3 Å². The second-order valence-corrected chi connectivity index (χ2v) is 3.73. The zero-order chi connectivity index (χ0) is 14.7. The maximum atomic E-state index is 11.2. The number of carbonyl (C=O) groups excluding carboxylic acids is 2. The van der Waals surface area contributed by atoms with Crippen LogP contribution in [0.25, 0.3) is 0 Å². The molecule has 8 nitrogen and oxygen atoms in total. The lowest BCUT2D eigenvalue weighted by atomic mass is 10.2. The summed E-state index contributed by atoms with van der Waals surface area (Å²) in [5.74, 6) is -1.63. The molecule has 0 heterocycles. The summed E-state index contributed by atoms with van der Waals surface area (Å²) < 4.78 is 4.71. The van der Waals surface area contributed by atoms with Gasteiger partial charge < -0.3 is 25.6 Å².